The lowest BCUT2D eigenvalue weighted by Gasteiger charge is -2.21. The van der Waals surface area contributed by atoms with Gasteiger partial charge in [0.05, 0.1) is 5.69 Å². The number of hydrogen-bond acceptors (Lipinski definition) is 2. The fraction of sp³-hybridized carbons (Fsp3) is 0.381. The summed E-state index contributed by atoms with van der Waals surface area (Å²) in [6.45, 7) is 2.05. The van der Waals surface area contributed by atoms with Crippen molar-refractivity contribution < 1.29 is 9.53 Å². The van der Waals surface area contributed by atoms with E-state index in [1.807, 2.05) is 55.5 Å². The van der Waals surface area contributed by atoms with E-state index in [4.69, 9.17) is 4.74 Å². The van der Waals surface area contributed by atoms with Crippen LogP contribution in [0, 0.1) is 24.7 Å². The van der Waals surface area contributed by atoms with Gasteiger partial charge in [0.1, 0.15) is 5.75 Å². The van der Waals surface area contributed by atoms with E-state index in [2.05, 4.69) is 5.32 Å². The highest BCUT2D eigenvalue weighted by molar-refractivity contribution is 5.94. The van der Waals surface area contributed by atoms with Crippen molar-refractivity contribution in [1.82, 2.24) is 0 Å². The van der Waals surface area contributed by atoms with Gasteiger partial charge in [-0.2, -0.15) is 0 Å². The van der Waals surface area contributed by atoms with Gasteiger partial charge in [-0.3, -0.25) is 4.79 Å². The summed E-state index contributed by atoms with van der Waals surface area (Å²) < 4.78 is 5.98. The Balaban J connectivity index is 1.49. The molecule has 2 aromatic rings. The van der Waals surface area contributed by atoms with E-state index >= 15 is 0 Å². The van der Waals surface area contributed by atoms with Crippen LogP contribution in [0.3, 0.4) is 0 Å². The Morgan fingerprint density at radius 2 is 1.83 bits per heavy atom. The molecular weight excluding hydrogens is 298 g/mol. The zero-order chi connectivity index (χ0) is 16.5. The number of fused-ring (bicyclic) bond motifs is 2. The summed E-state index contributed by atoms with van der Waals surface area (Å²) in [5.41, 5.74) is 1.95. The molecular formula is C21H23NO2. The number of amides is 1. The molecule has 1 amide bonds. The molecule has 0 aromatic heterocycles. The van der Waals surface area contributed by atoms with Crippen LogP contribution in [0.4, 0.5) is 5.69 Å². The number of aryl methyl sites for hydroxylation is 1. The second-order valence-electron chi connectivity index (χ2n) is 7.18. The molecule has 3 heteroatoms. The molecule has 3 unspecified atom stereocenters. The van der Waals surface area contributed by atoms with E-state index in [-0.39, 0.29) is 11.8 Å². The lowest BCUT2D eigenvalue weighted by atomic mass is 9.88. The first kappa shape index (κ1) is 15.3. The van der Waals surface area contributed by atoms with Gasteiger partial charge in [-0.25, -0.2) is 0 Å². The number of rotatable bonds is 4. The molecule has 0 heterocycles. The van der Waals surface area contributed by atoms with Gasteiger partial charge in [-0.05, 0) is 62.3 Å². The van der Waals surface area contributed by atoms with Crippen molar-refractivity contribution in [3.63, 3.8) is 0 Å². The summed E-state index contributed by atoms with van der Waals surface area (Å²) >= 11 is 0. The first-order valence-corrected chi connectivity index (χ1v) is 8.83. The highest BCUT2D eigenvalue weighted by Crippen LogP contribution is 2.48. The molecule has 3 nitrogen and oxygen atoms in total. The maximum atomic E-state index is 12.7. The first-order valence-electron chi connectivity index (χ1n) is 8.83. The summed E-state index contributed by atoms with van der Waals surface area (Å²) in [5.74, 6) is 3.16. The third-order valence-corrected chi connectivity index (χ3v) is 5.47. The van der Waals surface area contributed by atoms with Crippen molar-refractivity contribution in [3.05, 3.63) is 54.1 Å². The van der Waals surface area contributed by atoms with Crippen molar-refractivity contribution in [2.75, 3.05) is 5.32 Å². The summed E-state index contributed by atoms with van der Waals surface area (Å²) in [4.78, 5) is 12.7. The summed E-state index contributed by atoms with van der Waals surface area (Å²) in [7, 11) is 0. The molecule has 0 saturated heterocycles. The molecule has 2 aliphatic carbocycles. The molecule has 2 saturated carbocycles. The van der Waals surface area contributed by atoms with Gasteiger partial charge < -0.3 is 10.1 Å². The van der Waals surface area contributed by atoms with E-state index in [9.17, 15) is 4.79 Å². The van der Waals surface area contributed by atoms with Crippen LogP contribution in [-0.2, 0) is 4.79 Å². The molecule has 0 radical (unpaired) electrons. The largest absolute Gasteiger partial charge is 0.455 e. The smallest absolute Gasteiger partial charge is 0.227 e. The van der Waals surface area contributed by atoms with E-state index in [1.165, 1.54) is 24.8 Å². The first-order chi connectivity index (χ1) is 11.7. The number of anilines is 1. The lowest BCUT2D eigenvalue weighted by Crippen LogP contribution is -2.27. The molecule has 2 fully saturated rings. The van der Waals surface area contributed by atoms with Crippen LogP contribution in [-0.4, -0.2) is 5.91 Å². The standard InChI is InChI=1S/C21H23NO2/c1-14-6-10-17(11-7-14)24-20-5-3-2-4-19(20)22-21(23)18-13-15-8-9-16(18)12-15/h2-7,10-11,15-16,18H,8-9,12-13H2,1H3,(H,22,23). The zero-order valence-electron chi connectivity index (χ0n) is 14.0. The van der Waals surface area contributed by atoms with Crippen molar-refractivity contribution >= 4 is 11.6 Å². The van der Waals surface area contributed by atoms with Crippen LogP contribution in [0.2, 0.25) is 0 Å². The predicted molar refractivity (Wildman–Crippen MR) is 95.3 cm³/mol. The monoisotopic (exact) mass is 321 g/mol. The molecule has 2 aromatic carbocycles. The quantitative estimate of drug-likeness (QED) is 0.844. The third kappa shape index (κ3) is 3.03. The van der Waals surface area contributed by atoms with E-state index < -0.39 is 0 Å². The summed E-state index contributed by atoms with van der Waals surface area (Å²) in [6, 6.07) is 15.6. The van der Waals surface area contributed by atoms with Crippen molar-refractivity contribution in [3.8, 4) is 11.5 Å². The van der Waals surface area contributed by atoms with Gasteiger partial charge >= 0.3 is 0 Å². The second kappa shape index (κ2) is 6.31. The minimum absolute atomic E-state index is 0.155. The Hall–Kier alpha value is -2.29. The number of para-hydroxylation sites is 2. The number of nitrogens with one attached hydrogen (secondary N) is 1. The Morgan fingerprint density at radius 1 is 1.04 bits per heavy atom. The number of ether oxygens (including phenoxy) is 1. The van der Waals surface area contributed by atoms with Crippen LogP contribution in [0.5, 0.6) is 11.5 Å². The second-order valence-corrected chi connectivity index (χ2v) is 7.18. The third-order valence-electron chi connectivity index (χ3n) is 5.47. The van der Waals surface area contributed by atoms with Gasteiger partial charge in [0, 0.05) is 5.92 Å². The van der Waals surface area contributed by atoms with Crippen LogP contribution in [0.15, 0.2) is 48.5 Å². The highest BCUT2D eigenvalue weighted by Gasteiger charge is 2.43. The van der Waals surface area contributed by atoms with Crippen LogP contribution in [0.25, 0.3) is 0 Å². The topological polar surface area (TPSA) is 38.3 Å². The fourth-order valence-electron chi connectivity index (χ4n) is 4.18. The Morgan fingerprint density at radius 3 is 2.54 bits per heavy atom. The maximum Gasteiger partial charge on any atom is 0.227 e. The van der Waals surface area contributed by atoms with E-state index in [0.717, 1.165) is 23.8 Å². The molecule has 3 atom stereocenters. The fourth-order valence-corrected chi connectivity index (χ4v) is 4.18. The van der Waals surface area contributed by atoms with Crippen molar-refractivity contribution in [2.24, 2.45) is 17.8 Å². The van der Waals surface area contributed by atoms with Crippen LogP contribution < -0.4 is 10.1 Å². The maximum absolute atomic E-state index is 12.7. The average molecular weight is 321 g/mol. The zero-order valence-corrected chi connectivity index (χ0v) is 14.0. The van der Waals surface area contributed by atoms with Gasteiger partial charge in [0.25, 0.3) is 0 Å². The average Bonchev–Trinajstić information content (AvgIpc) is 3.22. The molecule has 24 heavy (non-hydrogen) atoms. The SMILES string of the molecule is Cc1ccc(Oc2ccccc2NC(=O)C2CC3CCC2C3)cc1. The van der Waals surface area contributed by atoms with Crippen molar-refractivity contribution in [2.45, 2.75) is 32.6 Å². The summed E-state index contributed by atoms with van der Waals surface area (Å²) in [6.07, 6.45) is 4.81. The van der Waals surface area contributed by atoms with Gasteiger partial charge in [-0.15, -0.1) is 0 Å². The molecule has 1 N–H and O–H groups in total. The molecule has 0 aliphatic heterocycles. The van der Waals surface area contributed by atoms with Crippen LogP contribution in [0.1, 0.15) is 31.2 Å². The molecule has 2 aliphatic rings. The number of carbonyl (C=O) groups excluding carboxylic acids is 1. The van der Waals surface area contributed by atoms with E-state index in [0.29, 0.717) is 11.7 Å². The highest BCUT2D eigenvalue weighted by atomic mass is 16.5. The minimum atomic E-state index is 0.155. The predicted octanol–water partition coefficient (Wildman–Crippen LogP) is 5.16. The Labute approximate surface area is 143 Å². The summed E-state index contributed by atoms with van der Waals surface area (Å²) in [5, 5.41) is 3.11. The van der Waals surface area contributed by atoms with Gasteiger partial charge in [0.15, 0.2) is 5.75 Å². The number of benzene rings is 2. The van der Waals surface area contributed by atoms with E-state index in [1.54, 1.807) is 0 Å². The number of hydrogen-bond donors (Lipinski definition) is 1. The normalized spacial score (nSPS) is 24.8. The van der Waals surface area contributed by atoms with Gasteiger partial charge in [-0.1, -0.05) is 36.2 Å². The Kier molecular flexibility index (Phi) is 4.01. The van der Waals surface area contributed by atoms with Gasteiger partial charge in [0.2, 0.25) is 5.91 Å². The molecule has 4 rings (SSSR count). The number of carbonyl (C=O) groups is 1. The van der Waals surface area contributed by atoms with Crippen LogP contribution >= 0.6 is 0 Å². The van der Waals surface area contributed by atoms with Crippen molar-refractivity contribution in [1.29, 1.82) is 0 Å². The molecule has 2 bridgehead atoms. The minimum Gasteiger partial charge on any atom is -0.455 e. The molecule has 124 valence electrons. The Bertz CT molecular complexity index is 738. The molecule has 0 spiro atoms. The lowest BCUT2D eigenvalue weighted by molar-refractivity contribution is -0.121.